The fourth-order valence-electron chi connectivity index (χ4n) is 1.81. The number of anilines is 2. The highest BCUT2D eigenvalue weighted by Crippen LogP contribution is 2.22. The number of ether oxygens (including phenoxy) is 1. The first-order valence-corrected chi connectivity index (χ1v) is 6.04. The number of aromatic nitrogens is 1. The molecule has 1 aromatic carbocycles. The molecular formula is C15H15N3O. The summed E-state index contributed by atoms with van der Waals surface area (Å²) in [5.41, 5.74) is 3.24. The van der Waals surface area contributed by atoms with Crippen LogP contribution >= 0.6 is 0 Å². The molecule has 0 fully saturated rings. The Hall–Kier alpha value is -2.38. The Morgan fingerprint density at radius 2 is 2.00 bits per heavy atom. The van der Waals surface area contributed by atoms with E-state index in [1.165, 1.54) is 0 Å². The van der Waals surface area contributed by atoms with Gasteiger partial charge in [0, 0.05) is 19.0 Å². The van der Waals surface area contributed by atoms with Crippen molar-refractivity contribution >= 4 is 11.4 Å². The average Bonchev–Trinajstić information content (AvgIpc) is 2.47. The first-order chi connectivity index (χ1) is 9.35. The molecule has 0 saturated heterocycles. The van der Waals surface area contributed by atoms with Gasteiger partial charge in [0.25, 0.3) is 0 Å². The molecule has 4 heteroatoms. The highest BCUT2D eigenvalue weighted by molar-refractivity contribution is 5.66. The summed E-state index contributed by atoms with van der Waals surface area (Å²) in [7, 11) is 1.69. The van der Waals surface area contributed by atoms with Gasteiger partial charge in [-0.05, 0) is 30.2 Å². The Bertz CT molecular complexity index is 590. The topological polar surface area (TPSA) is 57.9 Å². The predicted molar refractivity (Wildman–Crippen MR) is 74.3 cm³/mol. The fourth-order valence-corrected chi connectivity index (χ4v) is 1.81. The third-order valence-electron chi connectivity index (χ3n) is 2.78. The molecule has 4 nitrogen and oxygen atoms in total. The van der Waals surface area contributed by atoms with Gasteiger partial charge in [0.2, 0.25) is 0 Å². The molecule has 0 unspecified atom stereocenters. The van der Waals surface area contributed by atoms with E-state index < -0.39 is 0 Å². The van der Waals surface area contributed by atoms with Crippen LogP contribution in [0.3, 0.4) is 0 Å². The minimum atomic E-state index is 0.393. The molecule has 0 atom stereocenters. The van der Waals surface area contributed by atoms with E-state index in [-0.39, 0.29) is 0 Å². The molecule has 19 heavy (non-hydrogen) atoms. The maximum Gasteiger partial charge on any atom is 0.163 e. The monoisotopic (exact) mass is 253 g/mol. The smallest absolute Gasteiger partial charge is 0.163 e. The van der Waals surface area contributed by atoms with Crippen LogP contribution in [0.1, 0.15) is 11.3 Å². The lowest BCUT2D eigenvalue weighted by Gasteiger charge is -2.12. The lowest BCUT2D eigenvalue weighted by Crippen LogP contribution is -2.01. The molecule has 0 bridgehead atoms. The fraction of sp³-hybridized carbons (Fsp3) is 0.200. The van der Waals surface area contributed by atoms with E-state index in [0.29, 0.717) is 12.3 Å². The van der Waals surface area contributed by atoms with Gasteiger partial charge >= 0.3 is 0 Å². The average molecular weight is 253 g/mol. The molecule has 1 aromatic heterocycles. The zero-order valence-corrected chi connectivity index (χ0v) is 10.8. The number of methoxy groups -OCH3 is 1. The Morgan fingerprint density at radius 1 is 1.21 bits per heavy atom. The highest BCUT2D eigenvalue weighted by atomic mass is 16.5. The van der Waals surface area contributed by atoms with Crippen molar-refractivity contribution in [3.8, 4) is 6.07 Å². The summed E-state index contributed by atoms with van der Waals surface area (Å²) in [4.78, 5) is 4.04. The largest absolute Gasteiger partial charge is 0.384 e. The van der Waals surface area contributed by atoms with E-state index in [4.69, 9.17) is 10.00 Å². The Balaban J connectivity index is 2.26. The summed E-state index contributed by atoms with van der Waals surface area (Å²) in [6, 6.07) is 13.7. The van der Waals surface area contributed by atoms with Crippen LogP contribution in [0.2, 0.25) is 0 Å². The molecule has 1 N–H and O–H groups in total. The predicted octanol–water partition coefficient (Wildman–Crippen LogP) is 2.89. The normalized spacial score (nSPS) is 9.89. The molecule has 0 aliphatic rings. The van der Waals surface area contributed by atoms with Crippen molar-refractivity contribution in [1.29, 1.82) is 5.26 Å². The van der Waals surface area contributed by atoms with Crippen molar-refractivity contribution in [2.75, 3.05) is 19.0 Å². The van der Waals surface area contributed by atoms with Crippen LogP contribution in [-0.4, -0.2) is 18.7 Å². The van der Waals surface area contributed by atoms with Crippen molar-refractivity contribution < 1.29 is 4.74 Å². The summed E-state index contributed by atoms with van der Waals surface area (Å²) in [5.74, 6) is 0. The second-order valence-electron chi connectivity index (χ2n) is 4.04. The third kappa shape index (κ3) is 3.30. The van der Waals surface area contributed by atoms with Gasteiger partial charge in [-0.15, -0.1) is 0 Å². The molecule has 2 aromatic rings. The minimum Gasteiger partial charge on any atom is -0.384 e. The number of para-hydroxylation sites is 1. The van der Waals surface area contributed by atoms with Crippen LogP contribution in [0.15, 0.2) is 42.6 Å². The summed E-state index contributed by atoms with van der Waals surface area (Å²) >= 11 is 0. The molecule has 2 rings (SSSR count). The number of nitriles is 1. The first-order valence-electron chi connectivity index (χ1n) is 6.04. The Labute approximate surface area is 112 Å². The number of rotatable bonds is 5. The number of benzene rings is 1. The first kappa shape index (κ1) is 13.1. The van der Waals surface area contributed by atoms with Crippen LogP contribution < -0.4 is 5.32 Å². The molecule has 0 aliphatic heterocycles. The molecule has 0 amide bonds. The van der Waals surface area contributed by atoms with Gasteiger partial charge in [-0.25, -0.2) is 4.98 Å². The van der Waals surface area contributed by atoms with Gasteiger partial charge in [0.15, 0.2) is 5.69 Å². The molecule has 0 spiro atoms. The second-order valence-corrected chi connectivity index (χ2v) is 4.04. The van der Waals surface area contributed by atoms with Crippen molar-refractivity contribution in [3.05, 3.63) is 53.9 Å². The highest BCUT2D eigenvalue weighted by Gasteiger charge is 2.06. The van der Waals surface area contributed by atoms with Crippen LogP contribution in [0.25, 0.3) is 0 Å². The van der Waals surface area contributed by atoms with Crippen molar-refractivity contribution in [3.63, 3.8) is 0 Å². The van der Waals surface area contributed by atoms with Crippen LogP contribution in [0.4, 0.5) is 11.4 Å². The molecule has 96 valence electrons. The molecular weight excluding hydrogens is 238 g/mol. The van der Waals surface area contributed by atoms with Gasteiger partial charge in [-0.1, -0.05) is 18.2 Å². The quantitative estimate of drug-likeness (QED) is 0.890. The van der Waals surface area contributed by atoms with Crippen LogP contribution in [0.5, 0.6) is 0 Å². The van der Waals surface area contributed by atoms with Crippen LogP contribution in [-0.2, 0) is 11.2 Å². The number of nitrogens with one attached hydrogen (secondary N) is 1. The van der Waals surface area contributed by atoms with Gasteiger partial charge in [-0.2, -0.15) is 5.26 Å². The zero-order valence-electron chi connectivity index (χ0n) is 10.8. The number of nitrogens with zero attached hydrogens (tertiary/aromatic N) is 2. The summed E-state index contributed by atoms with van der Waals surface area (Å²) in [6.45, 7) is 0.664. The number of pyridine rings is 1. The standard InChI is InChI=1S/C15H15N3O/c1-19-10-8-12-5-2-3-6-13(12)18-14-7-4-9-17-15(14)11-16/h2-7,9,18H,8,10H2,1H3. The number of hydrogen-bond donors (Lipinski definition) is 1. The lowest BCUT2D eigenvalue weighted by molar-refractivity contribution is 0.202. The Morgan fingerprint density at radius 3 is 2.79 bits per heavy atom. The molecule has 0 saturated carbocycles. The Kier molecular flexibility index (Phi) is 4.49. The third-order valence-corrected chi connectivity index (χ3v) is 2.78. The van der Waals surface area contributed by atoms with Gasteiger partial charge in [0.1, 0.15) is 6.07 Å². The van der Waals surface area contributed by atoms with Gasteiger partial charge in [0.05, 0.1) is 12.3 Å². The van der Waals surface area contributed by atoms with Crippen LogP contribution in [0, 0.1) is 11.3 Å². The van der Waals surface area contributed by atoms with E-state index in [1.807, 2.05) is 30.3 Å². The summed E-state index contributed by atoms with van der Waals surface area (Å²) in [5, 5.41) is 12.3. The van der Waals surface area contributed by atoms with Gasteiger partial charge < -0.3 is 10.1 Å². The maximum atomic E-state index is 9.03. The minimum absolute atomic E-state index is 0.393. The summed E-state index contributed by atoms with van der Waals surface area (Å²) in [6.07, 6.45) is 2.43. The number of hydrogen-bond acceptors (Lipinski definition) is 4. The second kappa shape index (κ2) is 6.53. The van der Waals surface area contributed by atoms with E-state index in [0.717, 1.165) is 23.4 Å². The van der Waals surface area contributed by atoms with Gasteiger partial charge in [-0.3, -0.25) is 0 Å². The van der Waals surface area contributed by atoms with E-state index in [9.17, 15) is 0 Å². The zero-order chi connectivity index (χ0) is 13.5. The van der Waals surface area contributed by atoms with E-state index >= 15 is 0 Å². The molecule has 0 aliphatic carbocycles. The maximum absolute atomic E-state index is 9.03. The molecule has 1 heterocycles. The SMILES string of the molecule is COCCc1ccccc1Nc1cccnc1C#N. The molecule has 0 radical (unpaired) electrons. The van der Waals surface area contributed by atoms with E-state index in [1.54, 1.807) is 19.4 Å². The lowest BCUT2D eigenvalue weighted by atomic mass is 10.1. The van der Waals surface area contributed by atoms with Crippen molar-refractivity contribution in [1.82, 2.24) is 4.98 Å². The van der Waals surface area contributed by atoms with Crippen molar-refractivity contribution in [2.45, 2.75) is 6.42 Å². The van der Waals surface area contributed by atoms with E-state index in [2.05, 4.69) is 16.4 Å². The summed E-state index contributed by atoms with van der Waals surface area (Å²) < 4.78 is 5.10. The van der Waals surface area contributed by atoms with Crippen molar-refractivity contribution in [2.24, 2.45) is 0 Å².